The Kier molecular flexibility index (Phi) is 9.97. The molecule has 3 heterocycles. The lowest BCUT2D eigenvalue weighted by atomic mass is 9.58. The Morgan fingerprint density at radius 2 is 1.98 bits per heavy atom. The molecule has 0 radical (unpaired) electrons. The topological polar surface area (TPSA) is 162 Å². The average Bonchev–Trinajstić information content (AvgIpc) is 3.33. The number of nitro groups is 1. The zero-order valence-electron chi connectivity index (χ0n) is 26.2. The van der Waals surface area contributed by atoms with Gasteiger partial charge >= 0.3 is 7.12 Å². The number of nitrogens with zero attached hydrogens (tertiary/aromatic N) is 3. The highest BCUT2D eigenvalue weighted by Gasteiger charge is 2.57. The molecule has 0 spiro atoms. The number of carbonyl (C=O) groups excluding carboxylic acids is 2. The first-order valence-corrected chi connectivity index (χ1v) is 16.5. The molecule has 1 aliphatic carbocycles. The Morgan fingerprint density at radius 1 is 1.17 bits per heavy atom. The maximum absolute atomic E-state index is 14.0. The molecular formula is C34H33BIN3O9. The molecule has 2 saturated heterocycles. The summed E-state index contributed by atoms with van der Waals surface area (Å²) < 4.78 is 17.7. The number of allylic oxidation sites excluding steroid dienone is 1. The summed E-state index contributed by atoms with van der Waals surface area (Å²) in [4.78, 5) is 44.3. The molecule has 3 aliphatic rings. The van der Waals surface area contributed by atoms with E-state index in [2.05, 4.69) is 4.98 Å². The second-order valence-electron chi connectivity index (χ2n) is 12.0. The van der Waals surface area contributed by atoms with Gasteiger partial charge in [-0.05, 0) is 113 Å². The Bertz CT molecular complexity index is 1820. The van der Waals surface area contributed by atoms with Crippen molar-refractivity contribution in [1.29, 1.82) is 0 Å². The number of aromatic hydroxyl groups is 1. The maximum Gasteiger partial charge on any atom is 0.455 e. The van der Waals surface area contributed by atoms with Crippen molar-refractivity contribution in [3.63, 3.8) is 0 Å². The van der Waals surface area contributed by atoms with Gasteiger partial charge in [0.05, 0.1) is 51.5 Å². The lowest BCUT2D eigenvalue weighted by Crippen LogP contribution is -2.46. The number of hydrogen-bond acceptors (Lipinski definition) is 10. The summed E-state index contributed by atoms with van der Waals surface area (Å²) in [7, 11) is 1.88. The molecule has 3 aromatic rings. The second kappa shape index (κ2) is 14.2. The van der Waals surface area contributed by atoms with Crippen LogP contribution >= 0.6 is 22.6 Å². The van der Waals surface area contributed by atoms with Crippen molar-refractivity contribution >= 4 is 64.5 Å². The van der Waals surface area contributed by atoms with E-state index in [-0.39, 0.29) is 36.5 Å². The summed E-state index contributed by atoms with van der Waals surface area (Å²) >= 11 is 2.05. The molecule has 48 heavy (non-hydrogen) atoms. The molecule has 2 N–H and O–H groups in total. The molecule has 2 aromatic carbocycles. The first kappa shape index (κ1) is 33.8. The number of aromatic nitrogens is 1. The summed E-state index contributed by atoms with van der Waals surface area (Å²) in [5.74, 6) is -2.41. The number of imide groups is 1. The molecule has 248 valence electrons. The number of benzene rings is 2. The highest BCUT2D eigenvalue weighted by atomic mass is 127. The van der Waals surface area contributed by atoms with E-state index in [1.165, 1.54) is 31.4 Å². The Morgan fingerprint density at radius 3 is 2.69 bits per heavy atom. The monoisotopic (exact) mass is 765 g/mol. The van der Waals surface area contributed by atoms with Crippen LogP contribution < -0.4 is 9.64 Å². The molecule has 1 aromatic heterocycles. The number of phenols is 1. The Hall–Kier alpha value is -4.12. The average molecular weight is 765 g/mol. The molecule has 14 heteroatoms. The molecule has 12 nitrogen and oxygen atoms in total. The Labute approximate surface area is 290 Å². The number of rotatable bonds is 10. The number of phenolic OH excluding ortho intramolecular Hbond substituents is 1. The number of halogens is 1. The molecule has 6 rings (SSSR count). The largest absolute Gasteiger partial charge is 0.504 e. The predicted octanol–water partition coefficient (Wildman–Crippen LogP) is 5.28. The molecule has 2 amide bonds. The third kappa shape index (κ3) is 6.49. The molecule has 0 bridgehead atoms. The maximum atomic E-state index is 14.0. The fraction of sp³-hybridized carbons (Fsp3) is 0.324. The number of anilines is 1. The zero-order chi connectivity index (χ0) is 34.1. The number of hydrogen-bond donors (Lipinski definition) is 2. The van der Waals surface area contributed by atoms with Gasteiger partial charge in [-0.2, -0.15) is 0 Å². The van der Waals surface area contributed by atoms with Crippen molar-refractivity contribution in [2.45, 2.75) is 31.7 Å². The van der Waals surface area contributed by atoms with Crippen LogP contribution in [0.15, 0.2) is 71.9 Å². The van der Waals surface area contributed by atoms with Crippen LogP contribution in [0.4, 0.5) is 11.4 Å². The van der Waals surface area contributed by atoms with Gasteiger partial charge in [0.25, 0.3) is 5.69 Å². The van der Waals surface area contributed by atoms with Gasteiger partial charge in [-0.15, -0.1) is 0 Å². The number of non-ortho nitro benzene ring substituents is 1. The van der Waals surface area contributed by atoms with E-state index in [0.717, 1.165) is 32.9 Å². The molecule has 0 unspecified atom stereocenters. The van der Waals surface area contributed by atoms with Crippen LogP contribution in [0, 0.1) is 31.4 Å². The fourth-order valence-electron chi connectivity index (χ4n) is 7.22. The number of carbonyl (C=O) groups is 2. The van der Waals surface area contributed by atoms with Crippen molar-refractivity contribution in [3.8, 4) is 11.5 Å². The van der Waals surface area contributed by atoms with E-state index < -0.39 is 47.7 Å². The quantitative estimate of drug-likeness (QED) is 0.0695. The number of methoxy groups -OCH3 is 2. The van der Waals surface area contributed by atoms with E-state index in [0.29, 0.717) is 22.2 Å². The standard InChI is InChI=1S/C34H33BIN3O9/c1-46-18-21-15-24-31(34(42)38(33(24)41)22-6-5-7-23(16-22)39(44)45)25-17-35(43)48-28(30(21)25)10-9-20(27-8-3-4-11-37-27)12-19-13-26(36)32(40)29(14-19)47-2/h3-8,11-14,16,24-25,28,31,40,43H,9-10,15,17-18H2,1-2H3/b20-12-/t24-,25+,28-,31-/m1/s1. The smallest absolute Gasteiger partial charge is 0.455 e. The van der Waals surface area contributed by atoms with Crippen LogP contribution in [0.1, 0.15) is 30.5 Å². The minimum atomic E-state index is -1.17. The lowest BCUT2D eigenvalue weighted by Gasteiger charge is -2.43. The van der Waals surface area contributed by atoms with Crippen molar-refractivity contribution in [2.75, 3.05) is 25.7 Å². The van der Waals surface area contributed by atoms with E-state index in [1.807, 2.05) is 52.9 Å². The number of nitro benzene ring substituents is 1. The van der Waals surface area contributed by atoms with Gasteiger partial charge in [-0.3, -0.25) is 24.7 Å². The van der Waals surface area contributed by atoms with Crippen molar-refractivity contribution < 1.29 is 38.8 Å². The first-order valence-electron chi connectivity index (χ1n) is 15.5. The molecular weight excluding hydrogens is 732 g/mol. The van der Waals surface area contributed by atoms with E-state index in [4.69, 9.17) is 14.1 Å². The van der Waals surface area contributed by atoms with Gasteiger partial charge in [-0.25, -0.2) is 4.90 Å². The van der Waals surface area contributed by atoms with Crippen LogP contribution in [0.3, 0.4) is 0 Å². The minimum absolute atomic E-state index is 0.0579. The first-order chi connectivity index (χ1) is 23.1. The van der Waals surface area contributed by atoms with Crippen molar-refractivity contribution in [1.82, 2.24) is 4.98 Å². The molecule has 0 saturated carbocycles. The predicted molar refractivity (Wildman–Crippen MR) is 186 cm³/mol. The fourth-order valence-corrected chi connectivity index (χ4v) is 7.84. The van der Waals surface area contributed by atoms with Gasteiger partial charge in [0.2, 0.25) is 11.8 Å². The number of fused-ring (bicyclic) bond motifs is 3. The normalized spacial score (nSPS) is 22.5. The van der Waals surface area contributed by atoms with E-state index >= 15 is 0 Å². The molecule has 4 atom stereocenters. The van der Waals surface area contributed by atoms with Crippen molar-refractivity contribution in [3.05, 3.63) is 96.9 Å². The summed E-state index contributed by atoms with van der Waals surface area (Å²) in [6.07, 6.45) is 4.39. The van der Waals surface area contributed by atoms with Crippen LogP contribution in [0.25, 0.3) is 11.6 Å². The van der Waals surface area contributed by atoms with Gasteiger partial charge in [0, 0.05) is 25.4 Å². The highest BCUT2D eigenvalue weighted by molar-refractivity contribution is 14.1. The SMILES string of the molecule is COCC1=C2[C@@H](CC/C(=C/c3cc(I)c(O)c(OC)c3)c3ccccn3)OB(O)C[C@@H]2[C@@H]2C(=O)N(c3cccc([N+](=O)[O-])c3)C(=O)[C@@H]2C1. The summed E-state index contributed by atoms with van der Waals surface area (Å²) in [6, 6.07) is 14.7. The number of amides is 2. The molecule has 2 aliphatic heterocycles. The molecule has 2 fully saturated rings. The summed E-state index contributed by atoms with van der Waals surface area (Å²) in [6.45, 7) is 0.220. The van der Waals surface area contributed by atoms with Gasteiger partial charge < -0.3 is 24.3 Å². The third-order valence-corrected chi connectivity index (χ3v) is 10.0. The number of pyridine rings is 1. The van der Waals surface area contributed by atoms with Crippen LogP contribution in [0.5, 0.6) is 11.5 Å². The van der Waals surface area contributed by atoms with Crippen LogP contribution in [-0.4, -0.2) is 65.9 Å². The van der Waals surface area contributed by atoms with Gasteiger partial charge in [-0.1, -0.05) is 12.1 Å². The van der Waals surface area contributed by atoms with Crippen molar-refractivity contribution in [2.24, 2.45) is 17.8 Å². The lowest BCUT2D eigenvalue weighted by molar-refractivity contribution is -0.384. The summed E-state index contributed by atoms with van der Waals surface area (Å²) in [5, 5.41) is 32.8. The highest BCUT2D eigenvalue weighted by Crippen LogP contribution is 2.51. The van der Waals surface area contributed by atoms with Gasteiger partial charge in [0.1, 0.15) is 0 Å². The van der Waals surface area contributed by atoms with Gasteiger partial charge in [0.15, 0.2) is 11.5 Å². The minimum Gasteiger partial charge on any atom is -0.504 e. The van der Waals surface area contributed by atoms with E-state index in [1.54, 1.807) is 19.4 Å². The van der Waals surface area contributed by atoms with Crippen LogP contribution in [-0.2, 0) is 19.0 Å². The van der Waals surface area contributed by atoms with E-state index in [9.17, 15) is 29.8 Å². The zero-order valence-corrected chi connectivity index (χ0v) is 28.4. The Balaban J connectivity index is 1.34. The third-order valence-electron chi connectivity index (χ3n) is 9.21. The summed E-state index contributed by atoms with van der Waals surface area (Å²) in [5.41, 5.74) is 4.06. The number of ether oxygens (including phenoxy) is 2. The van der Waals surface area contributed by atoms with Crippen LogP contribution in [0.2, 0.25) is 6.32 Å². The second-order valence-corrected chi connectivity index (χ2v) is 13.2.